The van der Waals surface area contributed by atoms with Crippen LogP contribution < -0.4 is 17.0 Å². The van der Waals surface area contributed by atoms with E-state index in [1.165, 1.54) is 7.05 Å². The Bertz CT molecular complexity index is 795. The molecule has 0 saturated heterocycles. The standard InChI is InChI=1S/C15H25N5O2/c1-9(2)8-20-13-11(14(21)18(5)15(20)22)19(7-6-16)12(17-13)10(3)4/h9-10H,6-8,16H2,1-5H3. The molecule has 2 N–H and O–H groups in total. The van der Waals surface area contributed by atoms with Gasteiger partial charge in [0.15, 0.2) is 11.2 Å². The van der Waals surface area contributed by atoms with Gasteiger partial charge in [-0.25, -0.2) is 9.78 Å². The summed E-state index contributed by atoms with van der Waals surface area (Å²) in [6, 6.07) is 0. The van der Waals surface area contributed by atoms with E-state index in [2.05, 4.69) is 4.98 Å². The number of nitrogens with two attached hydrogens (primary N) is 1. The molecule has 0 aliphatic rings. The van der Waals surface area contributed by atoms with Crippen LogP contribution in [0.15, 0.2) is 9.59 Å². The third-order valence-electron chi connectivity index (χ3n) is 3.68. The lowest BCUT2D eigenvalue weighted by Gasteiger charge is -2.12. The van der Waals surface area contributed by atoms with Crippen molar-refractivity contribution in [1.82, 2.24) is 18.7 Å². The molecule has 2 heterocycles. The van der Waals surface area contributed by atoms with Crippen molar-refractivity contribution in [3.05, 3.63) is 26.7 Å². The quantitative estimate of drug-likeness (QED) is 0.878. The smallest absolute Gasteiger partial charge is 0.329 e. The SMILES string of the molecule is CC(C)Cn1c(=O)n(C)c(=O)c2c1nc(C(C)C)n2CCN. The molecule has 0 aliphatic carbocycles. The molecule has 0 saturated carbocycles. The first kappa shape index (κ1) is 16.5. The molecule has 0 amide bonds. The molecule has 0 spiro atoms. The van der Waals surface area contributed by atoms with E-state index in [9.17, 15) is 9.59 Å². The summed E-state index contributed by atoms with van der Waals surface area (Å²) in [6.45, 7) is 9.55. The third-order valence-corrected chi connectivity index (χ3v) is 3.68. The highest BCUT2D eigenvalue weighted by molar-refractivity contribution is 5.71. The normalized spacial score (nSPS) is 12.0. The zero-order valence-corrected chi connectivity index (χ0v) is 14.0. The second-order valence-electron chi connectivity index (χ2n) is 6.39. The van der Waals surface area contributed by atoms with Gasteiger partial charge in [-0.05, 0) is 5.92 Å². The highest BCUT2D eigenvalue weighted by atomic mass is 16.2. The molecule has 122 valence electrons. The molecule has 0 radical (unpaired) electrons. The lowest BCUT2D eigenvalue weighted by atomic mass is 10.2. The van der Waals surface area contributed by atoms with Gasteiger partial charge in [-0.15, -0.1) is 0 Å². The van der Waals surface area contributed by atoms with Crippen LogP contribution in [0.1, 0.15) is 39.4 Å². The average molecular weight is 307 g/mol. The van der Waals surface area contributed by atoms with E-state index in [1.54, 1.807) is 4.57 Å². The van der Waals surface area contributed by atoms with Crippen LogP contribution in [0.25, 0.3) is 11.2 Å². The zero-order valence-electron chi connectivity index (χ0n) is 14.0. The van der Waals surface area contributed by atoms with Crippen molar-refractivity contribution in [1.29, 1.82) is 0 Å². The molecule has 0 bridgehead atoms. The molecule has 2 rings (SSSR count). The van der Waals surface area contributed by atoms with Crippen molar-refractivity contribution in [3.8, 4) is 0 Å². The molecular formula is C15H25N5O2. The van der Waals surface area contributed by atoms with Gasteiger partial charge in [0.05, 0.1) is 0 Å². The predicted molar refractivity (Wildman–Crippen MR) is 87.2 cm³/mol. The fourth-order valence-electron chi connectivity index (χ4n) is 2.70. The van der Waals surface area contributed by atoms with Crippen molar-refractivity contribution in [3.63, 3.8) is 0 Å². The maximum Gasteiger partial charge on any atom is 0.332 e. The molecule has 0 atom stereocenters. The molecule has 0 fully saturated rings. The van der Waals surface area contributed by atoms with E-state index < -0.39 is 0 Å². The first-order valence-electron chi connectivity index (χ1n) is 7.69. The lowest BCUT2D eigenvalue weighted by molar-refractivity contribution is 0.499. The van der Waals surface area contributed by atoms with E-state index in [-0.39, 0.29) is 23.1 Å². The van der Waals surface area contributed by atoms with Crippen LogP contribution in [-0.2, 0) is 20.1 Å². The van der Waals surface area contributed by atoms with Crippen LogP contribution >= 0.6 is 0 Å². The monoisotopic (exact) mass is 307 g/mol. The molecule has 7 nitrogen and oxygen atoms in total. The Morgan fingerprint density at radius 2 is 1.77 bits per heavy atom. The van der Waals surface area contributed by atoms with Crippen LogP contribution in [0.4, 0.5) is 0 Å². The van der Waals surface area contributed by atoms with Crippen LogP contribution in [0.2, 0.25) is 0 Å². The maximum absolute atomic E-state index is 12.6. The predicted octanol–water partition coefficient (Wildman–Crippen LogP) is 0.635. The van der Waals surface area contributed by atoms with Gasteiger partial charge in [0.1, 0.15) is 5.82 Å². The molecule has 2 aromatic rings. The number of hydrogen-bond donors (Lipinski definition) is 1. The Balaban J connectivity index is 2.95. The average Bonchev–Trinajstić information content (AvgIpc) is 2.81. The summed E-state index contributed by atoms with van der Waals surface area (Å²) in [4.78, 5) is 29.6. The minimum Gasteiger partial charge on any atom is -0.329 e. The first-order valence-corrected chi connectivity index (χ1v) is 7.69. The Morgan fingerprint density at radius 1 is 1.14 bits per heavy atom. The maximum atomic E-state index is 12.6. The van der Waals surface area contributed by atoms with E-state index in [4.69, 9.17) is 5.73 Å². The van der Waals surface area contributed by atoms with E-state index >= 15 is 0 Å². The zero-order chi connectivity index (χ0) is 16.6. The Hall–Kier alpha value is -1.89. The summed E-state index contributed by atoms with van der Waals surface area (Å²) < 4.78 is 4.61. The van der Waals surface area contributed by atoms with Gasteiger partial charge in [0.25, 0.3) is 5.56 Å². The minimum absolute atomic E-state index is 0.145. The summed E-state index contributed by atoms with van der Waals surface area (Å²) in [5.74, 6) is 1.22. The van der Waals surface area contributed by atoms with Gasteiger partial charge in [0, 0.05) is 32.6 Å². The number of imidazole rings is 1. The third kappa shape index (κ3) is 2.61. The number of aromatic nitrogens is 4. The summed E-state index contributed by atoms with van der Waals surface area (Å²) in [6.07, 6.45) is 0. The van der Waals surface area contributed by atoms with Gasteiger partial charge in [-0.3, -0.25) is 13.9 Å². The molecule has 0 aromatic carbocycles. The van der Waals surface area contributed by atoms with Crippen LogP contribution in [-0.4, -0.2) is 25.2 Å². The van der Waals surface area contributed by atoms with E-state index in [0.29, 0.717) is 30.8 Å². The summed E-state index contributed by atoms with van der Waals surface area (Å²) >= 11 is 0. The van der Waals surface area contributed by atoms with Gasteiger partial charge in [0.2, 0.25) is 0 Å². The fraction of sp³-hybridized carbons (Fsp3) is 0.667. The number of fused-ring (bicyclic) bond motifs is 1. The van der Waals surface area contributed by atoms with Crippen molar-refractivity contribution < 1.29 is 0 Å². The molecule has 0 aliphatic heterocycles. The van der Waals surface area contributed by atoms with Gasteiger partial charge >= 0.3 is 5.69 Å². The van der Waals surface area contributed by atoms with Crippen molar-refractivity contribution in [2.24, 2.45) is 18.7 Å². The van der Waals surface area contributed by atoms with Crippen molar-refractivity contribution in [2.75, 3.05) is 6.54 Å². The molecule has 0 unspecified atom stereocenters. The fourth-order valence-corrected chi connectivity index (χ4v) is 2.70. The second-order valence-corrected chi connectivity index (χ2v) is 6.39. The highest BCUT2D eigenvalue weighted by Crippen LogP contribution is 2.19. The summed E-state index contributed by atoms with van der Waals surface area (Å²) in [5.41, 5.74) is 6.00. The molecule has 2 aromatic heterocycles. The summed E-state index contributed by atoms with van der Waals surface area (Å²) in [7, 11) is 1.51. The largest absolute Gasteiger partial charge is 0.332 e. The Kier molecular flexibility index (Phi) is 4.55. The minimum atomic E-state index is -0.320. The first-order chi connectivity index (χ1) is 10.3. The van der Waals surface area contributed by atoms with Crippen molar-refractivity contribution in [2.45, 2.75) is 46.7 Å². The number of nitrogens with zero attached hydrogens (tertiary/aromatic N) is 4. The van der Waals surface area contributed by atoms with E-state index in [1.807, 2.05) is 32.3 Å². The Labute approximate surface area is 129 Å². The molecular weight excluding hydrogens is 282 g/mol. The van der Waals surface area contributed by atoms with Crippen LogP contribution in [0.3, 0.4) is 0 Å². The lowest BCUT2D eigenvalue weighted by Crippen LogP contribution is -2.39. The van der Waals surface area contributed by atoms with Gasteiger partial charge < -0.3 is 10.3 Å². The highest BCUT2D eigenvalue weighted by Gasteiger charge is 2.21. The second kappa shape index (κ2) is 6.08. The van der Waals surface area contributed by atoms with E-state index in [0.717, 1.165) is 10.4 Å². The van der Waals surface area contributed by atoms with Gasteiger partial charge in [-0.2, -0.15) is 0 Å². The molecule has 22 heavy (non-hydrogen) atoms. The van der Waals surface area contributed by atoms with Gasteiger partial charge in [-0.1, -0.05) is 27.7 Å². The van der Waals surface area contributed by atoms with Crippen LogP contribution in [0.5, 0.6) is 0 Å². The van der Waals surface area contributed by atoms with Crippen molar-refractivity contribution >= 4 is 11.2 Å². The van der Waals surface area contributed by atoms with Crippen LogP contribution in [0, 0.1) is 5.92 Å². The number of hydrogen-bond acceptors (Lipinski definition) is 4. The summed E-state index contributed by atoms with van der Waals surface area (Å²) in [5, 5.41) is 0. The molecule has 7 heteroatoms. The number of rotatable bonds is 5. The topological polar surface area (TPSA) is 87.8 Å². The Morgan fingerprint density at radius 3 is 2.27 bits per heavy atom.